The largest absolute Gasteiger partial charge is 0.291 e. The van der Waals surface area contributed by atoms with Crippen molar-refractivity contribution >= 4 is 54.7 Å². The molecule has 55 heavy (non-hydrogen) atoms. The lowest BCUT2D eigenvalue weighted by molar-refractivity contribution is 1.05. The summed E-state index contributed by atoms with van der Waals surface area (Å²) in [5.41, 5.74) is 11.7. The lowest BCUT2D eigenvalue weighted by atomic mass is 9.89. The molecule has 0 fully saturated rings. The fraction of sp³-hybridized carbons (Fsp3) is 0.0385. The van der Waals surface area contributed by atoms with Gasteiger partial charge in [-0.2, -0.15) is 0 Å². The van der Waals surface area contributed by atoms with Gasteiger partial charge in [0.15, 0.2) is 5.82 Å². The van der Waals surface area contributed by atoms with Crippen molar-refractivity contribution < 1.29 is 0 Å². The zero-order valence-corrected chi connectivity index (χ0v) is 30.5. The number of aliphatic imine (C=N–C) groups is 1. The Morgan fingerprint density at radius 1 is 0.509 bits per heavy atom. The fourth-order valence-electron chi connectivity index (χ4n) is 8.09. The Morgan fingerprint density at radius 3 is 1.69 bits per heavy atom. The van der Waals surface area contributed by atoms with Crippen LogP contribution in [0.5, 0.6) is 0 Å². The predicted octanol–water partition coefficient (Wildman–Crippen LogP) is 13.5. The molecular weight excluding hydrogens is 667 g/mol. The summed E-state index contributed by atoms with van der Waals surface area (Å²) >= 11 is 0. The van der Waals surface area contributed by atoms with Gasteiger partial charge >= 0.3 is 0 Å². The minimum atomic E-state index is 0.613. The van der Waals surface area contributed by atoms with Gasteiger partial charge in [-0.05, 0) is 91.8 Å². The lowest BCUT2D eigenvalue weighted by Gasteiger charge is -2.18. The van der Waals surface area contributed by atoms with Crippen molar-refractivity contribution in [3.8, 4) is 27.9 Å². The first kappa shape index (κ1) is 32.5. The van der Waals surface area contributed by atoms with Gasteiger partial charge < -0.3 is 0 Å². The Kier molecular flexibility index (Phi) is 8.11. The Morgan fingerprint density at radius 2 is 1.04 bits per heavy atom. The summed E-state index contributed by atoms with van der Waals surface area (Å²) in [6, 6.07) is 69.4. The molecule has 260 valence electrons. The number of benzene rings is 9. The topological polar surface area (TPSA) is 30.2 Å². The Labute approximate surface area is 320 Å². The molecule has 3 nitrogen and oxygen atoms in total. The molecule has 0 saturated heterocycles. The number of hydrogen-bond donors (Lipinski definition) is 0. The molecular formula is C52H37N3. The summed E-state index contributed by atoms with van der Waals surface area (Å²) in [4.78, 5) is 11.3. The van der Waals surface area contributed by atoms with Crippen LogP contribution in [0.4, 0.5) is 5.69 Å². The van der Waals surface area contributed by atoms with Gasteiger partial charge in [0.05, 0.1) is 22.4 Å². The van der Waals surface area contributed by atoms with E-state index in [0.717, 1.165) is 67.1 Å². The van der Waals surface area contributed by atoms with E-state index in [1.54, 1.807) is 0 Å². The lowest BCUT2D eigenvalue weighted by Crippen LogP contribution is -2.13. The molecule has 0 spiro atoms. The molecule has 0 aliphatic heterocycles. The highest BCUT2D eigenvalue weighted by molar-refractivity contribution is 6.22. The number of fused-ring (bicyclic) bond motifs is 4. The van der Waals surface area contributed by atoms with Crippen LogP contribution in [0.2, 0.25) is 0 Å². The van der Waals surface area contributed by atoms with Crippen LogP contribution in [0.3, 0.4) is 0 Å². The van der Waals surface area contributed by atoms with Gasteiger partial charge in [0.1, 0.15) is 0 Å². The number of hydrogen-bond acceptors (Lipinski definition) is 2. The van der Waals surface area contributed by atoms with Gasteiger partial charge in [0, 0.05) is 23.2 Å². The molecule has 0 atom stereocenters. The highest BCUT2D eigenvalue weighted by Gasteiger charge is 2.27. The van der Waals surface area contributed by atoms with Crippen LogP contribution < -0.4 is 0 Å². The average Bonchev–Trinajstić information content (AvgIpc) is 3.63. The van der Waals surface area contributed by atoms with Crippen LogP contribution in [-0.2, 0) is 6.42 Å². The summed E-state index contributed by atoms with van der Waals surface area (Å²) in [5, 5.41) is 7.17. The first-order chi connectivity index (χ1) is 27.2. The normalized spacial score (nSPS) is 11.9. The smallest absolute Gasteiger partial charge is 0.160 e. The van der Waals surface area contributed by atoms with Crippen LogP contribution in [-0.4, -0.2) is 15.3 Å². The van der Waals surface area contributed by atoms with Crippen molar-refractivity contribution in [2.45, 2.75) is 13.3 Å². The molecule has 1 heterocycles. The maximum Gasteiger partial charge on any atom is 0.160 e. The van der Waals surface area contributed by atoms with Crippen LogP contribution in [0.1, 0.15) is 17.0 Å². The fourth-order valence-corrected chi connectivity index (χ4v) is 8.09. The van der Waals surface area contributed by atoms with E-state index in [-0.39, 0.29) is 0 Å². The number of nitrogens with zero attached hydrogens (tertiary/aromatic N) is 3. The highest BCUT2D eigenvalue weighted by Crippen LogP contribution is 2.46. The second kappa shape index (κ2) is 13.7. The Balaban J connectivity index is 1.40. The highest BCUT2D eigenvalue weighted by atomic mass is 15.1. The van der Waals surface area contributed by atoms with Gasteiger partial charge in [-0.25, -0.2) is 9.98 Å². The van der Waals surface area contributed by atoms with Gasteiger partial charge in [0.2, 0.25) is 0 Å². The standard InChI is InChI=1S/C52H37N3/c1-35-16-8-15-27-46(35)53-47(32-36-17-4-2-5-18-36)52-54-50-48(41-30-28-37-19-9-11-21-39(37)33-41)44-25-13-14-26-45(44)49(51(50)55(52)43-23-6-3-7-24-43)42-31-29-38-20-10-12-22-40(38)34-42/h2-31,33-34H,32H2,1H3. The van der Waals surface area contributed by atoms with Crippen LogP contribution >= 0.6 is 0 Å². The molecule has 10 aromatic rings. The Bertz CT molecular complexity index is 3060. The maximum absolute atomic E-state index is 5.80. The number of rotatable bonds is 7. The van der Waals surface area contributed by atoms with E-state index < -0.39 is 0 Å². The second-order valence-corrected chi connectivity index (χ2v) is 14.2. The van der Waals surface area contributed by atoms with Crippen molar-refractivity contribution in [1.82, 2.24) is 9.55 Å². The third kappa shape index (κ3) is 5.87. The van der Waals surface area contributed by atoms with E-state index >= 15 is 0 Å². The number of imidazole rings is 1. The second-order valence-electron chi connectivity index (χ2n) is 14.2. The molecule has 9 aromatic carbocycles. The van der Waals surface area contributed by atoms with E-state index in [4.69, 9.17) is 9.98 Å². The summed E-state index contributed by atoms with van der Waals surface area (Å²) in [7, 11) is 0. The van der Waals surface area contributed by atoms with Gasteiger partial charge in [0.25, 0.3) is 0 Å². The summed E-state index contributed by atoms with van der Waals surface area (Å²) in [6.07, 6.45) is 0.613. The minimum absolute atomic E-state index is 0.613. The van der Waals surface area contributed by atoms with Crippen molar-refractivity contribution in [2.24, 2.45) is 4.99 Å². The van der Waals surface area contributed by atoms with Gasteiger partial charge in [-0.1, -0.05) is 164 Å². The zero-order chi connectivity index (χ0) is 36.7. The first-order valence-electron chi connectivity index (χ1n) is 18.9. The van der Waals surface area contributed by atoms with E-state index in [2.05, 4.69) is 206 Å². The molecule has 0 N–H and O–H groups in total. The molecule has 3 heteroatoms. The maximum atomic E-state index is 5.80. The van der Waals surface area contributed by atoms with Gasteiger partial charge in [-0.15, -0.1) is 0 Å². The van der Waals surface area contributed by atoms with Crippen LogP contribution in [0.15, 0.2) is 199 Å². The summed E-state index contributed by atoms with van der Waals surface area (Å²) < 4.78 is 2.37. The SMILES string of the molecule is Cc1ccccc1N=C(Cc1ccccc1)c1nc2c(-c3ccc4ccccc4c3)c3ccccc3c(-c3ccc4ccccc4c3)c2n1-c1ccccc1. The van der Waals surface area contributed by atoms with Crippen molar-refractivity contribution in [3.63, 3.8) is 0 Å². The first-order valence-corrected chi connectivity index (χ1v) is 18.9. The predicted molar refractivity (Wildman–Crippen MR) is 232 cm³/mol. The molecule has 0 radical (unpaired) electrons. The quantitative estimate of drug-likeness (QED) is 0.152. The molecule has 0 unspecified atom stereocenters. The van der Waals surface area contributed by atoms with Crippen molar-refractivity contribution in [1.29, 1.82) is 0 Å². The third-order valence-electron chi connectivity index (χ3n) is 10.8. The van der Waals surface area contributed by atoms with Gasteiger partial charge in [-0.3, -0.25) is 4.57 Å². The summed E-state index contributed by atoms with van der Waals surface area (Å²) in [5.74, 6) is 0.827. The molecule has 10 rings (SSSR count). The third-order valence-corrected chi connectivity index (χ3v) is 10.8. The molecule has 0 saturated carbocycles. The Hall–Kier alpha value is -7.10. The molecule has 1 aromatic heterocycles. The van der Waals surface area contributed by atoms with E-state index in [0.29, 0.717) is 6.42 Å². The van der Waals surface area contributed by atoms with E-state index in [9.17, 15) is 0 Å². The van der Waals surface area contributed by atoms with E-state index in [1.807, 2.05) is 0 Å². The molecule has 0 amide bonds. The minimum Gasteiger partial charge on any atom is -0.291 e. The monoisotopic (exact) mass is 703 g/mol. The average molecular weight is 704 g/mol. The van der Waals surface area contributed by atoms with E-state index in [1.165, 1.54) is 32.5 Å². The zero-order valence-electron chi connectivity index (χ0n) is 30.5. The molecule has 0 aliphatic carbocycles. The van der Waals surface area contributed by atoms with Crippen molar-refractivity contribution in [2.75, 3.05) is 0 Å². The van der Waals surface area contributed by atoms with Crippen molar-refractivity contribution in [3.05, 3.63) is 211 Å². The molecule has 0 aliphatic rings. The summed E-state index contributed by atoms with van der Waals surface area (Å²) in [6.45, 7) is 2.13. The number of aromatic nitrogens is 2. The number of para-hydroxylation sites is 2. The van der Waals surface area contributed by atoms with Crippen LogP contribution in [0, 0.1) is 6.92 Å². The number of aryl methyl sites for hydroxylation is 1. The van der Waals surface area contributed by atoms with Crippen LogP contribution in [0.25, 0.3) is 71.3 Å². The molecule has 0 bridgehead atoms.